The van der Waals surface area contributed by atoms with Crippen LogP contribution in [0.3, 0.4) is 0 Å². The lowest BCUT2D eigenvalue weighted by molar-refractivity contribution is -0.133. The van der Waals surface area contributed by atoms with Crippen LogP contribution in [-0.2, 0) is 9.59 Å². The molecular formula is C16H8Cl2N2O3S. The van der Waals surface area contributed by atoms with Crippen molar-refractivity contribution in [2.24, 2.45) is 0 Å². The molecule has 2 aromatic carbocycles. The summed E-state index contributed by atoms with van der Waals surface area (Å²) in [4.78, 5) is 27.7. The summed E-state index contributed by atoms with van der Waals surface area (Å²) in [7, 11) is 0. The van der Waals surface area contributed by atoms with Gasteiger partial charge in [0, 0.05) is 5.56 Å². The number of halogens is 2. The Kier molecular flexibility index (Phi) is 3.75. The number of ketones is 1. The summed E-state index contributed by atoms with van der Waals surface area (Å²) in [5.41, 5.74) is 2.45. The highest BCUT2D eigenvalue weighted by molar-refractivity contribution is 8.03. The Morgan fingerprint density at radius 2 is 1.92 bits per heavy atom. The van der Waals surface area contributed by atoms with Gasteiger partial charge in [0.15, 0.2) is 5.58 Å². The van der Waals surface area contributed by atoms with Gasteiger partial charge in [0.05, 0.1) is 21.5 Å². The standard InChI is InChI=1S/C16H8Cl2N2O3S/c17-10-3-1-8(5-11(10)18)15-19-12-6-9(2-4-14(12)23-15)20-16(22)13(21)7-24-20/h1-6H,7H2. The first-order valence-corrected chi connectivity index (χ1v) is 8.59. The van der Waals surface area contributed by atoms with Gasteiger partial charge in [-0.2, -0.15) is 0 Å². The third-order valence-corrected chi connectivity index (χ3v) is 5.29. The highest BCUT2D eigenvalue weighted by Gasteiger charge is 2.32. The molecule has 8 heteroatoms. The summed E-state index contributed by atoms with van der Waals surface area (Å²) in [6.07, 6.45) is 0. The van der Waals surface area contributed by atoms with E-state index in [9.17, 15) is 9.59 Å². The van der Waals surface area contributed by atoms with Crippen molar-refractivity contribution in [3.05, 3.63) is 46.4 Å². The van der Waals surface area contributed by atoms with Crippen LogP contribution in [0.25, 0.3) is 22.6 Å². The highest BCUT2D eigenvalue weighted by Crippen LogP contribution is 2.33. The maximum atomic E-state index is 11.8. The molecule has 3 aromatic rings. The number of hydrogen-bond donors (Lipinski definition) is 0. The Labute approximate surface area is 150 Å². The van der Waals surface area contributed by atoms with Crippen LogP contribution in [0.15, 0.2) is 40.8 Å². The predicted octanol–water partition coefficient (Wildman–Crippen LogP) is 4.37. The number of rotatable bonds is 2. The van der Waals surface area contributed by atoms with Crippen molar-refractivity contribution in [2.75, 3.05) is 10.1 Å². The van der Waals surface area contributed by atoms with Gasteiger partial charge in [-0.05, 0) is 48.3 Å². The number of aromatic nitrogens is 1. The summed E-state index contributed by atoms with van der Waals surface area (Å²) < 4.78 is 7.09. The monoisotopic (exact) mass is 378 g/mol. The van der Waals surface area contributed by atoms with Gasteiger partial charge >= 0.3 is 5.91 Å². The molecule has 0 saturated carbocycles. The van der Waals surface area contributed by atoms with Crippen molar-refractivity contribution in [3.63, 3.8) is 0 Å². The first-order chi connectivity index (χ1) is 11.5. The number of oxazole rings is 1. The van der Waals surface area contributed by atoms with Crippen molar-refractivity contribution in [3.8, 4) is 11.5 Å². The van der Waals surface area contributed by atoms with Crippen LogP contribution in [0.2, 0.25) is 10.0 Å². The Hall–Kier alpha value is -2.02. The topological polar surface area (TPSA) is 63.4 Å². The van der Waals surface area contributed by atoms with Crippen molar-refractivity contribution < 1.29 is 14.0 Å². The van der Waals surface area contributed by atoms with E-state index in [0.717, 1.165) is 0 Å². The van der Waals surface area contributed by atoms with E-state index in [1.54, 1.807) is 36.4 Å². The molecule has 1 aliphatic heterocycles. The third-order valence-electron chi connectivity index (χ3n) is 3.52. The van der Waals surface area contributed by atoms with Crippen LogP contribution >= 0.6 is 35.1 Å². The van der Waals surface area contributed by atoms with E-state index in [1.807, 2.05) is 0 Å². The summed E-state index contributed by atoms with van der Waals surface area (Å²) in [5.74, 6) is -0.369. The average Bonchev–Trinajstić information content (AvgIpc) is 3.13. The number of carbonyl (C=O) groups excluding carboxylic acids is 2. The Morgan fingerprint density at radius 1 is 1.08 bits per heavy atom. The quantitative estimate of drug-likeness (QED) is 0.489. The Morgan fingerprint density at radius 3 is 2.62 bits per heavy atom. The zero-order chi connectivity index (χ0) is 16.8. The van der Waals surface area contributed by atoms with Gasteiger partial charge in [-0.1, -0.05) is 23.2 Å². The van der Waals surface area contributed by atoms with E-state index in [1.165, 1.54) is 16.3 Å². The van der Waals surface area contributed by atoms with Gasteiger partial charge in [0.1, 0.15) is 5.52 Å². The fourth-order valence-corrected chi connectivity index (χ4v) is 3.49. The van der Waals surface area contributed by atoms with Gasteiger partial charge in [-0.3, -0.25) is 9.59 Å². The molecule has 0 unspecified atom stereocenters. The number of hydrogen-bond acceptors (Lipinski definition) is 5. The van der Waals surface area contributed by atoms with Crippen molar-refractivity contribution in [1.29, 1.82) is 0 Å². The molecule has 2 heterocycles. The maximum Gasteiger partial charge on any atom is 0.305 e. The Balaban J connectivity index is 1.75. The van der Waals surface area contributed by atoms with Crippen LogP contribution < -0.4 is 4.31 Å². The van der Waals surface area contributed by atoms with Gasteiger partial charge in [-0.15, -0.1) is 0 Å². The lowest BCUT2D eigenvalue weighted by Gasteiger charge is -2.11. The zero-order valence-corrected chi connectivity index (χ0v) is 14.3. The van der Waals surface area contributed by atoms with Crippen molar-refractivity contribution >= 4 is 63.6 Å². The van der Waals surface area contributed by atoms with Crippen LogP contribution in [0.4, 0.5) is 5.69 Å². The van der Waals surface area contributed by atoms with Gasteiger partial charge in [-0.25, -0.2) is 9.29 Å². The van der Waals surface area contributed by atoms with E-state index in [2.05, 4.69) is 4.98 Å². The average molecular weight is 379 g/mol. The predicted molar refractivity (Wildman–Crippen MR) is 94.4 cm³/mol. The second-order valence-electron chi connectivity index (χ2n) is 5.10. The van der Waals surface area contributed by atoms with E-state index in [-0.39, 0.29) is 5.75 Å². The van der Waals surface area contributed by atoms with Gasteiger partial charge < -0.3 is 4.42 Å². The molecule has 0 radical (unpaired) electrons. The van der Waals surface area contributed by atoms with Crippen LogP contribution in [0.1, 0.15) is 0 Å². The molecule has 0 spiro atoms. The highest BCUT2D eigenvalue weighted by atomic mass is 35.5. The minimum atomic E-state index is -0.521. The van der Waals surface area contributed by atoms with E-state index in [4.69, 9.17) is 27.6 Å². The Bertz CT molecular complexity index is 1000. The fourth-order valence-electron chi connectivity index (χ4n) is 2.34. The number of carbonyl (C=O) groups is 2. The second kappa shape index (κ2) is 5.81. The van der Waals surface area contributed by atoms with E-state index < -0.39 is 11.7 Å². The summed E-state index contributed by atoms with van der Waals surface area (Å²) in [5, 5.41) is 0.864. The first kappa shape index (κ1) is 15.5. The molecule has 5 nitrogen and oxygen atoms in total. The van der Waals surface area contributed by atoms with Crippen LogP contribution in [-0.4, -0.2) is 22.4 Å². The van der Waals surface area contributed by atoms with E-state index in [0.29, 0.717) is 38.3 Å². The first-order valence-electron chi connectivity index (χ1n) is 6.89. The zero-order valence-electron chi connectivity index (χ0n) is 12.0. The number of Topliss-reactive ketones (excluding diaryl/α,β-unsaturated/α-hetero) is 1. The molecule has 1 fully saturated rings. The van der Waals surface area contributed by atoms with Crippen molar-refractivity contribution in [1.82, 2.24) is 4.98 Å². The minimum absolute atomic E-state index is 0.157. The lowest BCUT2D eigenvalue weighted by Crippen LogP contribution is -2.22. The molecule has 0 bridgehead atoms. The number of fused-ring (bicyclic) bond motifs is 1. The lowest BCUT2D eigenvalue weighted by atomic mass is 10.2. The van der Waals surface area contributed by atoms with Crippen LogP contribution in [0.5, 0.6) is 0 Å². The SMILES string of the molecule is O=C1CSN(c2ccc3oc(-c4ccc(Cl)c(Cl)c4)nc3c2)C1=O. The van der Waals surface area contributed by atoms with Gasteiger partial charge in [0.25, 0.3) is 0 Å². The largest absolute Gasteiger partial charge is 0.436 e. The van der Waals surface area contributed by atoms with Crippen LogP contribution in [0, 0.1) is 0 Å². The molecule has 0 N–H and O–H groups in total. The number of anilines is 1. The molecule has 24 heavy (non-hydrogen) atoms. The molecule has 1 aliphatic rings. The van der Waals surface area contributed by atoms with E-state index >= 15 is 0 Å². The number of amides is 1. The molecule has 0 atom stereocenters. The molecular weight excluding hydrogens is 371 g/mol. The normalized spacial score (nSPS) is 14.8. The second-order valence-corrected chi connectivity index (χ2v) is 6.82. The smallest absolute Gasteiger partial charge is 0.305 e. The maximum absolute atomic E-state index is 11.8. The third kappa shape index (κ3) is 2.56. The summed E-state index contributed by atoms with van der Waals surface area (Å²) in [6.45, 7) is 0. The molecule has 1 aromatic heterocycles. The molecule has 1 amide bonds. The van der Waals surface area contributed by atoms with Gasteiger partial charge in [0.2, 0.25) is 11.7 Å². The molecule has 4 rings (SSSR count). The number of benzene rings is 2. The minimum Gasteiger partial charge on any atom is -0.436 e. The summed E-state index contributed by atoms with van der Waals surface area (Å²) in [6, 6.07) is 10.3. The number of nitrogens with zero attached hydrogens (tertiary/aromatic N) is 2. The molecule has 1 saturated heterocycles. The fraction of sp³-hybridized carbons (Fsp3) is 0.0625. The summed E-state index contributed by atoms with van der Waals surface area (Å²) >= 11 is 13.1. The molecule has 0 aliphatic carbocycles. The van der Waals surface area contributed by atoms with Crippen molar-refractivity contribution in [2.45, 2.75) is 0 Å². The molecule has 120 valence electrons.